The van der Waals surface area contributed by atoms with Gasteiger partial charge in [0.25, 0.3) is 0 Å². The third kappa shape index (κ3) is 6.39. The lowest BCUT2D eigenvalue weighted by atomic mass is 10.0. The number of fused-ring (bicyclic) bond motifs is 1. The molecular formula is C28H25F4N7O. The van der Waals surface area contributed by atoms with Gasteiger partial charge in [0.2, 0.25) is 0 Å². The first-order valence-electron chi connectivity index (χ1n) is 12.4. The average molecular weight is 552 g/mol. The first-order valence-corrected chi connectivity index (χ1v) is 12.4. The van der Waals surface area contributed by atoms with Crippen molar-refractivity contribution in [1.82, 2.24) is 25.0 Å². The molecule has 4 aromatic rings. The standard InChI is InChI=1S/C28H25F4N7O/c1-38-9-11-39(12-10-38)17-20-7-8-22(14-23(20)28(30,31)32)35-27(40)36-24-4-2-3-19(25(24)29)6-5-18-13-21-16-34-37-26(21)33-15-18/h2-4,7-8,13-16H,9-12,17H2,1H3,(H,33,34,37)(H2,35,36,40). The molecule has 1 aliphatic rings. The van der Waals surface area contributed by atoms with Crippen LogP contribution < -0.4 is 10.6 Å². The number of halogens is 4. The average Bonchev–Trinajstić information content (AvgIpc) is 3.39. The SMILES string of the molecule is CN1CCN(Cc2ccc(NC(=O)Nc3cccc(C#Cc4cnc5[nH]ncc5c4)c3F)cc2C(F)(F)F)CC1. The number of anilines is 2. The highest BCUT2D eigenvalue weighted by atomic mass is 19.4. The fourth-order valence-corrected chi connectivity index (χ4v) is 4.36. The number of likely N-dealkylation sites (N-methyl/N-ethyl adjacent to an activating group) is 1. The van der Waals surface area contributed by atoms with E-state index in [2.05, 4.69) is 42.6 Å². The molecular weight excluding hydrogens is 526 g/mol. The van der Waals surface area contributed by atoms with Crippen LogP contribution in [-0.2, 0) is 12.7 Å². The summed E-state index contributed by atoms with van der Waals surface area (Å²) in [5, 5.41) is 12.1. The lowest BCUT2D eigenvalue weighted by Gasteiger charge is -2.33. The maximum absolute atomic E-state index is 15.1. The molecule has 3 heterocycles. The summed E-state index contributed by atoms with van der Waals surface area (Å²) in [5.74, 6) is 4.77. The zero-order valence-electron chi connectivity index (χ0n) is 21.4. The van der Waals surface area contributed by atoms with Crippen molar-refractivity contribution in [2.24, 2.45) is 0 Å². The molecule has 0 saturated carbocycles. The van der Waals surface area contributed by atoms with Gasteiger partial charge < -0.3 is 15.5 Å². The van der Waals surface area contributed by atoms with E-state index in [0.717, 1.165) is 24.5 Å². The minimum absolute atomic E-state index is 0.0257. The molecule has 2 aromatic carbocycles. The summed E-state index contributed by atoms with van der Waals surface area (Å²) in [7, 11) is 1.97. The number of urea groups is 1. The maximum Gasteiger partial charge on any atom is 0.416 e. The van der Waals surface area contributed by atoms with E-state index in [0.29, 0.717) is 24.3 Å². The number of H-pyrrole nitrogens is 1. The summed E-state index contributed by atoms with van der Waals surface area (Å²) >= 11 is 0. The molecule has 40 heavy (non-hydrogen) atoms. The number of benzene rings is 2. The molecule has 5 rings (SSSR count). The summed E-state index contributed by atoms with van der Waals surface area (Å²) in [6, 6.07) is 8.82. The zero-order chi connectivity index (χ0) is 28.3. The van der Waals surface area contributed by atoms with E-state index in [4.69, 9.17) is 0 Å². The fraction of sp³-hybridized carbons (Fsp3) is 0.250. The van der Waals surface area contributed by atoms with E-state index in [1.165, 1.54) is 36.5 Å². The van der Waals surface area contributed by atoms with Crippen molar-refractivity contribution in [3.05, 3.63) is 82.9 Å². The number of amides is 2. The molecule has 2 amide bonds. The van der Waals surface area contributed by atoms with Gasteiger partial charge in [-0.05, 0) is 42.9 Å². The number of hydrogen-bond donors (Lipinski definition) is 3. The number of rotatable bonds is 4. The quantitative estimate of drug-likeness (QED) is 0.248. The Bertz CT molecular complexity index is 1600. The van der Waals surface area contributed by atoms with Gasteiger partial charge in [0.1, 0.15) is 0 Å². The molecule has 0 aliphatic carbocycles. The second-order valence-corrected chi connectivity index (χ2v) is 9.48. The number of aromatic amines is 1. The number of carbonyl (C=O) groups is 1. The highest BCUT2D eigenvalue weighted by Gasteiger charge is 2.34. The first-order chi connectivity index (χ1) is 19.2. The van der Waals surface area contributed by atoms with Gasteiger partial charge in [-0.15, -0.1) is 0 Å². The smallest absolute Gasteiger partial charge is 0.308 e. The predicted molar refractivity (Wildman–Crippen MR) is 143 cm³/mol. The van der Waals surface area contributed by atoms with Crippen LogP contribution in [0.5, 0.6) is 0 Å². The molecule has 0 unspecified atom stereocenters. The number of pyridine rings is 1. The third-order valence-corrected chi connectivity index (χ3v) is 6.54. The zero-order valence-corrected chi connectivity index (χ0v) is 21.4. The number of piperazine rings is 1. The van der Waals surface area contributed by atoms with Crippen LogP contribution in [0, 0.1) is 17.7 Å². The normalized spacial score (nSPS) is 14.5. The maximum atomic E-state index is 15.1. The summed E-state index contributed by atoms with van der Waals surface area (Å²) < 4.78 is 56.6. The molecule has 1 saturated heterocycles. The van der Waals surface area contributed by atoms with Crippen LogP contribution in [-0.4, -0.2) is 64.2 Å². The van der Waals surface area contributed by atoms with Crippen molar-refractivity contribution in [2.45, 2.75) is 12.7 Å². The highest BCUT2D eigenvalue weighted by molar-refractivity contribution is 6.00. The Labute approximate surface area is 227 Å². The molecule has 0 spiro atoms. The minimum Gasteiger partial charge on any atom is -0.308 e. The first kappa shape index (κ1) is 27.1. The highest BCUT2D eigenvalue weighted by Crippen LogP contribution is 2.34. The largest absolute Gasteiger partial charge is 0.416 e. The lowest BCUT2D eigenvalue weighted by Crippen LogP contribution is -2.44. The Morgan fingerprint density at radius 3 is 2.62 bits per heavy atom. The van der Waals surface area contributed by atoms with Crippen LogP contribution >= 0.6 is 0 Å². The van der Waals surface area contributed by atoms with Crippen LogP contribution in [0.4, 0.5) is 33.7 Å². The summed E-state index contributed by atoms with van der Waals surface area (Å²) in [6.07, 6.45) is -1.49. The molecule has 0 atom stereocenters. The number of nitrogens with one attached hydrogen (secondary N) is 3. The molecule has 206 valence electrons. The van der Waals surface area contributed by atoms with Gasteiger partial charge in [0.05, 0.1) is 23.0 Å². The van der Waals surface area contributed by atoms with E-state index >= 15 is 4.39 Å². The van der Waals surface area contributed by atoms with Gasteiger partial charge in [0.15, 0.2) is 11.5 Å². The summed E-state index contributed by atoms with van der Waals surface area (Å²) in [4.78, 5) is 20.8. The summed E-state index contributed by atoms with van der Waals surface area (Å²) in [6.45, 7) is 3.05. The predicted octanol–water partition coefficient (Wildman–Crippen LogP) is 4.91. The number of alkyl halides is 3. The molecule has 2 aromatic heterocycles. The van der Waals surface area contributed by atoms with Crippen molar-refractivity contribution < 1.29 is 22.4 Å². The number of carbonyl (C=O) groups excluding carboxylic acids is 1. The van der Waals surface area contributed by atoms with Gasteiger partial charge in [-0.3, -0.25) is 10.00 Å². The number of aromatic nitrogens is 3. The van der Waals surface area contributed by atoms with E-state index in [-0.39, 0.29) is 29.0 Å². The van der Waals surface area contributed by atoms with Crippen LogP contribution in [0.2, 0.25) is 0 Å². The second-order valence-electron chi connectivity index (χ2n) is 9.48. The molecule has 12 heteroatoms. The number of hydrogen-bond acceptors (Lipinski definition) is 5. The van der Waals surface area contributed by atoms with E-state index in [1.54, 1.807) is 12.3 Å². The topological polar surface area (TPSA) is 89.2 Å². The van der Waals surface area contributed by atoms with Crippen molar-refractivity contribution in [2.75, 3.05) is 43.9 Å². The second kappa shape index (κ2) is 11.3. The van der Waals surface area contributed by atoms with E-state index in [9.17, 15) is 18.0 Å². The summed E-state index contributed by atoms with van der Waals surface area (Å²) in [5.41, 5.74) is 0.235. The van der Waals surface area contributed by atoms with Crippen molar-refractivity contribution in [1.29, 1.82) is 0 Å². The van der Waals surface area contributed by atoms with Crippen LogP contribution in [0.25, 0.3) is 11.0 Å². The van der Waals surface area contributed by atoms with E-state index in [1.807, 2.05) is 11.9 Å². The molecule has 8 nitrogen and oxygen atoms in total. The fourth-order valence-electron chi connectivity index (χ4n) is 4.36. The molecule has 1 aliphatic heterocycles. The Hall–Kier alpha value is -4.47. The van der Waals surface area contributed by atoms with Gasteiger partial charge in [0, 0.05) is 55.6 Å². The van der Waals surface area contributed by atoms with Gasteiger partial charge in [-0.2, -0.15) is 18.3 Å². The minimum atomic E-state index is -4.60. The van der Waals surface area contributed by atoms with Crippen LogP contribution in [0.15, 0.2) is 54.9 Å². The van der Waals surface area contributed by atoms with Crippen molar-refractivity contribution >= 4 is 28.4 Å². The Kier molecular flexibility index (Phi) is 7.68. The van der Waals surface area contributed by atoms with Gasteiger partial charge in [-0.1, -0.05) is 24.0 Å². The third-order valence-electron chi connectivity index (χ3n) is 6.54. The van der Waals surface area contributed by atoms with Gasteiger partial charge >= 0.3 is 12.2 Å². The molecule has 0 bridgehead atoms. The van der Waals surface area contributed by atoms with E-state index < -0.39 is 23.6 Å². The van der Waals surface area contributed by atoms with Gasteiger partial charge in [-0.25, -0.2) is 14.2 Å². The molecule has 3 N–H and O–H groups in total. The Morgan fingerprint density at radius 1 is 1.05 bits per heavy atom. The number of nitrogens with zero attached hydrogens (tertiary/aromatic N) is 4. The van der Waals surface area contributed by atoms with Crippen LogP contribution in [0.3, 0.4) is 0 Å². The molecule has 0 radical (unpaired) electrons. The van der Waals surface area contributed by atoms with Crippen molar-refractivity contribution in [3.8, 4) is 11.8 Å². The van der Waals surface area contributed by atoms with Crippen LogP contribution in [0.1, 0.15) is 22.3 Å². The van der Waals surface area contributed by atoms with Crippen molar-refractivity contribution in [3.63, 3.8) is 0 Å². The Morgan fingerprint density at radius 2 is 1.85 bits per heavy atom. The lowest BCUT2D eigenvalue weighted by molar-refractivity contribution is -0.138. The Balaban J connectivity index is 1.28. The molecule has 1 fully saturated rings. The monoisotopic (exact) mass is 551 g/mol.